The minimum absolute atomic E-state index is 0.0550. The third-order valence-corrected chi connectivity index (χ3v) is 10.3. The highest BCUT2D eigenvalue weighted by molar-refractivity contribution is 5.81. The molecule has 15 nitrogen and oxygen atoms in total. The van der Waals surface area contributed by atoms with Crippen molar-refractivity contribution in [3.8, 4) is 0 Å². The summed E-state index contributed by atoms with van der Waals surface area (Å²) < 4.78 is 37.0. The van der Waals surface area contributed by atoms with Crippen molar-refractivity contribution in [1.29, 1.82) is 0 Å². The predicted molar refractivity (Wildman–Crippen MR) is 211 cm³/mol. The fraction of sp³-hybridized carbons (Fsp3) is 0.762. The van der Waals surface area contributed by atoms with Gasteiger partial charge in [-0.15, -0.1) is 0 Å². The number of hydrogen-bond acceptors (Lipinski definition) is 13. The van der Waals surface area contributed by atoms with Gasteiger partial charge in [0.15, 0.2) is 0 Å². The lowest BCUT2D eigenvalue weighted by Crippen LogP contribution is -2.47. The van der Waals surface area contributed by atoms with E-state index in [9.17, 15) is 28.8 Å². The smallest absolute Gasteiger partial charge is 0.407 e. The number of esters is 4. The molecule has 2 fully saturated rings. The summed E-state index contributed by atoms with van der Waals surface area (Å²) in [6, 6.07) is -0.293. The van der Waals surface area contributed by atoms with Gasteiger partial charge in [-0.25, -0.2) is 19.2 Å². The number of hydrogen-bond donors (Lipinski definition) is 2. The lowest BCUT2D eigenvalue weighted by Gasteiger charge is -2.46. The van der Waals surface area contributed by atoms with Gasteiger partial charge in [0.1, 0.15) is 39.1 Å². The summed E-state index contributed by atoms with van der Waals surface area (Å²) in [6.45, 7) is 22.9. The monoisotopic (exact) mass is 808 g/mol. The second kappa shape index (κ2) is 22.7. The van der Waals surface area contributed by atoms with Crippen molar-refractivity contribution in [2.24, 2.45) is 21.7 Å². The Morgan fingerprint density at radius 1 is 0.596 bits per heavy atom. The van der Waals surface area contributed by atoms with Crippen LogP contribution >= 0.6 is 0 Å². The van der Waals surface area contributed by atoms with Crippen LogP contribution in [0, 0.1) is 21.7 Å². The van der Waals surface area contributed by atoms with Crippen LogP contribution in [-0.4, -0.2) is 100.0 Å². The first kappa shape index (κ1) is 49.0. The Balaban J connectivity index is 1.70. The van der Waals surface area contributed by atoms with Crippen molar-refractivity contribution in [3.05, 3.63) is 25.3 Å². The topological polar surface area (TPSA) is 191 Å². The molecule has 0 saturated heterocycles. The maximum absolute atomic E-state index is 12.8. The van der Waals surface area contributed by atoms with Gasteiger partial charge in [-0.2, -0.15) is 0 Å². The molecule has 0 heterocycles. The fourth-order valence-electron chi connectivity index (χ4n) is 8.70. The normalized spacial score (nSPS) is 24.6. The molecule has 2 aliphatic rings. The van der Waals surface area contributed by atoms with Crippen LogP contribution in [0.4, 0.5) is 9.59 Å². The van der Waals surface area contributed by atoms with E-state index in [0.29, 0.717) is 25.7 Å². The highest BCUT2D eigenvalue weighted by Crippen LogP contribution is 2.49. The van der Waals surface area contributed by atoms with E-state index < -0.39 is 36.3 Å². The average Bonchev–Trinajstić information content (AvgIpc) is 3.09. The minimum Gasteiger partial charge on any atom is -0.463 e. The molecular formula is C42H68N2O13. The zero-order chi connectivity index (χ0) is 42.9. The summed E-state index contributed by atoms with van der Waals surface area (Å²) in [5, 5.41) is 5.85. The number of rotatable bonds is 22. The maximum Gasteiger partial charge on any atom is 0.407 e. The molecule has 57 heavy (non-hydrogen) atoms. The fourth-order valence-corrected chi connectivity index (χ4v) is 8.70. The van der Waals surface area contributed by atoms with E-state index in [0.717, 1.165) is 37.8 Å². The molecule has 2 rings (SSSR count). The quantitative estimate of drug-likeness (QED) is 0.0522. The molecule has 0 aromatic carbocycles. The van der Waals surface area contributed by atoms with E-state index in [1.165, 1.54) is 0 Å². The minimum atomic E-state index is -0.586. The van der Waals surface area contributed by atoms with Gasteiger partial charge in [0.05, 0.1) is 12.7 Å². The molecule has 0 aliphatic heterocycles. The van der Waals surface area contributed by atoms with E-state index in [2.05, 4.69) is 65.3 Å². The van der Waals surface area contributed by atoms with Crippen molar-refractivity contribution >= 4 is 36.1 Å². The molecule has 0 aromatic rings. The van der Waals surface area contributed by atoms with E-state index in [1.807, 2.05) is 0 Å². The van der Waals surface area contributed by atoms with Crippen LogP contribution in [0.15, 0.2) is 25.3 Å². The summed E-state index contributed by atoms with van der Waals surface area (Å²) >= 11 is 0. The largest absolute Gasteiger partial charge is 0.463 e. The van der Waals surface area contributed by atoms with E-state index in [-0.39, 0.29) is 98.2 Å². The molecule has 6 atom stereocenters. The van der Waals surface area contributed by atoms with Gasteiger partial charge in [0, 0.05) is 37.1 Å². The molecule has 6 unspecified atom stereocenters. The Morgan fingerprint density at radius 2 is 1.02 bits per heavy atom. The van der Waals surface area contributed by atoms with Crippen LogP contribution in [0.2, 0.25) is 0 Å². The Bertz CT molecular complexity index is 1400. The summed E-state index contributed by atoms with van der Waals surface area (Å²) in [7, 11) is 0. The standard InChI is InChI=1S/C42H68N2O13/c1-11-33(45)51-17-19-53-37(49)43-31-21-39(5,6)27-41(9,23-31)15-13-35(47)56-25-29(3)55-26-30(4)57-36(48)14-16-42(10)24-32(22-40(7,8)28-42)44-38(50)54-20-18-52-34(46)12-2/h11-12,29-32H,1-2,13-28H2,3-10H3,(H,43,49)(H,44,50). The van der Waals surface area contributed by atoms with Crippen LogP contribution in [-0.2, 0) is 52.3 Å². The SMILES string of the molecule is C=CC(=O)OCCOC(=O)NC1CC(C)(C)CC(C)(CCC(=O)OCC(C)OCC(C)OC(=O)CCC2(C)CC(NC(=O)OCCOC(=O)C=C)CC(C)(C)C2)C1. The molecule has 0 radical (unpaired) electrons. The van der Waals surface area contributed by atoms with Crippen LogP contribution < -0.4 is 10.6 Å². The molecule has 2 N–H and O–H groups in total. The van der Waals surface area contributed by atoms with E-state index in [1.54, 1.807) is 13.8 Å². The first-order valence-electron chi connectivity index (χ1n) is 20.0. The van der Waals surface area contributed by atoms with Gasteiger partial charge >= 0.3 is 36.1 Å². The number of nitrogens with one attached hydrogen (secondary N) is 2. The molecular weight excluding hydrogens is 740 g/mol. The van der Waals surface area contributed by atoms with E-state index >= 15 is 0 Å². The van der Waals surface area contributed by atoms with E-state index in [4.69, 9.17) is 33.2 Å². The Morgan fingerprint density at radius 3 is 1.46 bits per heavy atom. The first-order valence-corrected chi connectivity index (χ1v) is 20.0. The van der Waals surface area contributed by atoms with Gasteiger partial charge in [0.2, 0.25) is 0 Å². The number of alkyl carbamates (subject to hydrolysis) is 2. The van der Waals surface area contributed by atoms with Gasteiger partial charge in [0.25, 0.3) is 0 Å². The third-order valence-electron chi connectivity index (χ3n) is 10.3. The Labute approximate surface area is 338 Å². The molecule has 0 bridgehead atoms. The highest BCUT2D eigenvalue weighted by atomic mass is 16.6. The van der Waals surface area contributed by atoms with Crippen LogP contribution in [0.5, 0.6) is 0 Å². The summed E-state index contributed by atoms with van der Waals surface area (Å²) in [5.41, 5.74) is -0.598. The lowest BCUT2D eigenvalue weighted by molar-refractivity contribution is -0.155. The molecule has 2 saturated carbocycles. The zero-order valence-electron chi connectivity index (χ0n) is 35.5. The zero-order valence-corrected chi connectivity index (χ0v) is 35.5. The third kappa shape index (κ3) is 20.2. The average molecular weight is 809 g/mol. The summed E-state index contributed by atoms with van der Waals surface area (Å²) in [6.07, 6.45) is 6.17. The number of carbonyl (C=O) groups excluding carboxylic acids is 6. The maximum atomic E-state index is 12.8. The summed E-state index contributed by atoms with van der Waals surface area (Å²) in [4.78, 5) is 72.7. The van der Waals surface area contributed by atoms with Crippen molar-refractivity contribution in [2.75, 3.05) is 39.6 Å². The van der Waals surface area contributed by atoms with Crippen molar-refractivity contribution in [2.45, 2.75) is 144 Å². The molecule has 0 aromatic heterocycles. The van der Waals surface area contributed by atoms with Crippen molar-refractivity contribution in [3.63, 3.8) is 0 Å². The molecule has 324 valence electrons. The second-order valence-electron chi connectivity index (χ2n) is 17.9. The van der Waals surface area contributed by atoms with Crippen LogP contribution in [0.1, 0.15) is 120 Å². The number of ether oxygens (including phenoxy) is 7. The predicted octanol–water partition coefficient (Wildman–Crippen LogP) is 6.51. The van der Waals surface area contributed by atoms with Gasteiger partial charge in [-0.05, 0) is 86.9 Å². The van der Waals surface area contributed by atoms with Gasteiger partial charge in [-0.1, -0.05) is 54.7 Å². The van der Waals surface area contributed by atoms with Crippen LogP contribution in [0.3, 0.4) is 0 Å². The first-order chi connectivity index (χ1) is 26.6. The summed E-state index contributed by atoms with van der Waals surface area (Å²) in [5.74, 6) is -1.85. The lowest BCUT2D eigenvalue weighted by atomic mass is 9.61. The molecule has 15 heteroatoms. The highest BCUT2D eigenvalue weighted by Gasteiger charge is 2.43. The number of carbonyl (C=O) groups is 6. The van der Waals surface area contributed by atoms with Gasteiger partial charge in [-0.3, -0.25) is 9.59 Å². The van der Waals surface area contributed by atoms with Gasteiger partial charge < -0.3 is 43.8 Å². The molecule has 0 spiro atoms. The molecule has 2 amide bonds. The van der Waals surface area contributed by atoms with Crippen LogP contribution in [0.25, 0.3) is 0 Å². The Kier molecular flexibility index (Phi) is 19.5. The van der Waals surface area contributed by atoms with Crippen molar-refractivity contribution in [1.82, 2.24) is 10.6 Å². The Hall–Kier alpha value is -4.14. The second-order valence-corrected chi connectivity index (χ2v) is 17.9. The molecule has 2 aliphatic carbocycles. The number of amides is 2. The van der Waals surface area contributed by atoms with Crippen molar-refractivity contribution < 1.29 is 61.9 Å².